The van der Waals surface area contributed by atoms with Gasteiger partial charge in [0.1, 0.15) is 0 Å². The molecule has 0 unspecified atom stereocenters. The Labute approximate surface area is 164 Å². The number of halogens is 6. The first-order valence-corrected chi connectivity index (χ1v) is 9.34. The summed E-state index contributed by atoms with van der Waals surface area (Å²) in [5, 5.41) is 0. The molecule has 2 heterocycles. The van der Waals surface area contributed by atoms with E-state index in [-0.39, 0.29) is 18.5 Å². The van der Waals surface area contributed by atoms with Crippen LogP contribution >= 0.6 is 0 Å². The lowest BCUT2D eigenvalue weighted by Crippen LogP contribution is -2.48. The molecule has 1 amide bonds. The van der Waals surface area contributed by atoms with Crippen molar-refractivity contribution in [3.05, 3.63) is 35.9 Å². The second-order valence-corrected chi connectivity index (χ2v) is 7.78. The molecule has 162 valence electrons. The normalized spacial score (nSPS) is 20.4. The zero-order valence-electron chi connectivity index (χ0n) is 15.6. The summed E-state index contributed by atoms with van der Waals surface area (Å²) in [6.45, 7) is 2.51. The van der Waals surface area contributed by atoms with Gasteiger partial charge in [-0.2, -0.15) is 26.3 Å². The molecule has 0 saturated carbocycles. The molecule has 2 saturated heterocycles. The van der Waals surface area contributed by atoms with E-state index < -0.39 is 24.5 Å². The molecule has 0 bridgehead atoms. The zero-order chi connectivity index (χ0) is 21.3. The number of alkyl halides is 6. The maximum absolute atomic E-state index is 12.6. The fourth-order valence-corrected chi connectivity index (χ4v) is 4.02. The quantitative estimate of drug-likeness (QED) is 0.665. The molecular weight excluding hydrogens is 402 g/mol. The SMILES string of the molecule is O=C(OC(C(F)(F)F)C(F)(F)F)N1CCC2(CCN(Cc3ccccc3)CC2)C1. The molecule has 1 spiro atoms. The summed E-state index contributed by atoms with van der Waals surface area (Å²) < 4.78 is 79.5. The van der Waals surface area contributed by atoms with Crippen LogP contribution in [-0.2, 0) is 11.3 Å². The number of nitrogens with zero attached hydrogens (tertiary/aromatic N) is 2. The topological polar surface area (TPSA) is 32.8 Å². The Morgan fingerprint density at radius 3 is 2.07 bits per heavy atom. The van der Waals surface area contributed by atoms with Crippen LogP contribution in [0.15, 0.2) is 30.3 Å². The molecule has 4 nitrogen and oxygen atoms in total. The van der Waals surface area contributed by atoms with Crippen molar-refractivity contribution < 1.29 is 35.9 Å². The van der Waals surface area contributed by atoms with Crippen LogP contribution in [0.3, 0.4) is 0 Å². The number of likely N-dealkylation sites (tertiary alicyclic amines) is 2. The highest BCUT2D eigenvalue weighted by molar-refractivity contribution is 5.68. The summed E-state index contributed by atoms with van der Waals surface area (Å²) in [6.07, 6.45) is -15.1. The van der Waals surface area contributed by atoms with E-state index in [2.05, 4.69) is 9.64 Å². The second kappa shape index (κ2) is 8.04. The van der Waals surface area contributed by atoms with E-state index in [4.69, 9.17) is 0 Å². The van der Waals surface area contributed by atoms with E-state index in [1.54, 1.807) is 0 Å². The van der Waals surface area contributed by atoms with Gasteiger partial charge in [0.2, 0.25) is 0 Å². The molecule has 10 heteroatoms. The Morgan fingerprint density at radius 1 is 0.966 bits per heavy atom. The maximum atomic E-state index is 12.6. The van der Waals surface area contributed by atoms with Gasteiger partial charge in [0, 0.05) is 19.6 Å². The van der Waals surface area contributed by atoms with E-state index in [0.717, 1.165) is 37.4 Å². The summed E-state index contributed by atoms with van der Waals surface area (Å²) in [5.41, 5.74) is 0.892. The van der Waals surface area contributed by atoms with Crippen molar-refractivity contribution in [3.63, 3.8) is 0 Å². The Hall–Kier alpha value is -1.97. The minimum absolute atomic E-state index is 0.0972. The minimum atomic E-state index is -5.70. The Balaban J connectivity index is 1.54. The lowest BCUT2D eigenvalue weighted by atomic mass is 9.77. The highest BCUT2D eigenvalue weighted by atomic mass is 19.4. The van der Waals surface area contributed by atoms with E-state index in [9.17, 15) is 31.1 Å². The number of amides is 1. The number of hydrogen-bond donors (Lipinski definition) is 0. The third-order valence-corrected chi connectivity index (χ3v) is 5.68. The molecule has 0 radical (unpaired) electrons. The van der Waals surface area contributed by atoms with Crippen LogP contribution in [-0.4, -0.2) is 60.5 Å². The third-order valence-electron chi connectivity index (χ3n) is 5.68. The van der Waals surface area contributed by atoms with Crippen LogP contribution in [0.4, 0.5) is 31.1 Å². The summed E-state index contributed by atoms with van der Waals surface area (Å²) in [4.78, 5) is 15.2. The third kappa shape index (κ3) is 5.34. The Bertz CT molecular complexity index is 685. The first kappa shape index (κ1) is 21.7. The summed E-state index contributed by atoms with van der Waals surface area (Å²) in [7, 11) is 0. The van der Waals surface area contributed by atoms with Gasteiger partial charge in [0.05, 0.1) is 0 Å². The van der Waals surface area contributed by atoms with E-state index in [0.29, 0.717) is 6.42 Å². The predicted molar refractivity (Wildman–Crippen MR) is 92.0 cm³/mol. The van der Waals surface area contributed by atoms with Crippen LogP contribution in [0.1, 0.15) is 24.8 Å². The molecule has 3 rings (SSSR count). The number of rotatable bonds is 3. The summed E-state index contributed by atoms with van der Waals surface area (Å²) in [5.74, 6) is 0. The largest absolute Gasteiger partial charge is 0.434 e. The molecular formula is C19H22F6N2O2. The number of ether oxygens (including phenoxy) is 1. The molecule has 29 heavy (non-hydrogen) atoms. The first-order valence-electron chi connectivity index (χ1n) is 9.34. The maximum Gasteiger partial charge on any atom is 0.434 e. The number of carbonyl (C=O) groups is 1. The van der Waals surface area contributed by atoms with Crippen molar-refractivity contribution in [1.29, 1.82) is 0 Å². The standard InChI is InChI=1S/C19H22F6N2O2/c20-18(21,22)15(19(23,24)25)29-16(28)27-11-8-17(13-27)6-9-26(10-7-17)12-14-4-2-1-3-5-14/h1-5,15H,6-13H2. The number of benzene rings is 1. The fraction of sp³-hybridized carbons (Fsp3) is 0.632. The smallest absolute Gasteiger partial charge is 0.426 e. The van der Waals surface area contributed by atoms with Gasteiger partial charge in [0.25, 0.3) is 6.10 Å². The van der Waals surface area contributed by atoms with Crippen LogP contribution in [0, 0.1) is 5.41 Å². The van der Waals surface area contributed by atoms with Crippen LogP contribution in [0.2, 0.25) is 0 Å². The van der Waals surface area contributed by atoms with Gasteiger partial charge in [-0.25, -0.2) is 4.79 Å². The van der Waals surface area contributed by atoms with Crippen molar-refractivity contribution >= 4 is 6.09 Å². The predicted octanol–water partition coefficient (Wildman–Crippen LogP) is 4.60. The Morgan fingerprint density at radius 2 is 1.52 bits per heavy atom. The summed E-state index contributed by atoms with van der Waals surface area (Å²) >= 11 is 0. The lowest BCUT2D eigenvalue weighted by molar-refractivity contribution is -0.308. The van der Waals surface area contributed by atoms with Gasteiger partial charge in [-0.15, -0.1) is 0 Å². The van der Waals surface area contributed by atoms with Crippen LogP contribution in [0.5, 0.6) is 0 Å². The van der Waals surface area contributed by atoms with E-state index >= 15 is 0 Å². The van der Waals surface area contributed by atoms with E-state index in [1.807, 2.05) is 30.3 Å². The van der Waals surface area contributed by atoms with Crippen molar-refractivity contribution in [2.24, 2.45) is 5.41 Å². The Kier molecular flexibility index (Phi) is 6.03. The number of carbonyl (C=O) groups excluding carboxylic acids is 1. The van der Waals surface area contributed by atoms with Crippen LogP contribution < -0.4 is 0 Å². The van der Waals surface area contributed by atoms with Crippen molar-refractivity contribution in [3.8, 4) is 0 Å². The molecule has 2 aliphatic rings. The van der Waals surface area contributed by atoms with Crippen molar-refractivity contribution in [1.82, 2.24) is 9.80 Å². The second-order valence-electron chi connectivity index (χ2n) is 7.78. The minimum Gasteiger partial charge on any atom is -0.426 e. The lowest BCUT2D eigenvalue weighted by Gasteiger charge is -2.39. The molecule has 0 aliphatic carbocycles. The van der Waals surface area contributed by atoms with E-state index in [1.165, 1.54) is 5.56 Å². The van der Waals surface area contributed by atoms with Crippen LogP contribution in [0.25, 0.3) is 0 Å². The number of hydrogen-bond acceptors (Lipinski definition) is 3. The van der Waals surface area contributed by atoms with Gasteiger partial charge < -0.3 is 9.64 Å². The average molecular weight is 424 g/mol. The van der Waals surface area contributed by atoms with Gasteiger partial charge in [-0.1, -0.05) is 30.3 Å². The van der Waals surface area contributed by atoms with Crippen molar-refractivity contribution in [2.45, 2.75) is 44.3 Å². The molecule has 0 aromatic heterocycles. The molecule has 2 fully saturated rings. The van der Waals surface area contributed by atoms with Crippen molar-refractivity contribution in [2.75, 3.05) is 26.2 Å². The molecule has 0 atom stereocenters. The highest BCUT2D eigenvalue weighted by Crippen LogP contribution is 2.42. The number of piperidine rings is 1. The monoisotopic (exact) mass is 424 g/mol. The van der Waals surface area contributed by atoms with Gasteiger partial charge in [-0.05, 0) is 43.3 Å². The highest BCUT2D eigenvalue weighted by Gasteiger charge is 2.60. The molecule has 1 aromatic rings. The fourth-order valence-electron chi connectivity index (χ4n) is 4.02. The molecule has 2 aliphatic heterocycles. The zero-order valence-corrected chi connectivity index (χ0v) is 15.6. The average Bonchev–Trinajstić information content (AvgIpc) is 3.05. The van der Waals surface area contributed by atoms with Gasteiger partial charge in [0.15, 0.2) is 0 Å². The van der Waals surface area contributed by atoms with Gasteiger partial charge in [-0.3, -0.25) is 4.90 Å². The van der Waals surface area contributed by atoms with Gasteiger partial charge >= 0.3 is 18.4 Å². The molecule has 1 aromatic carbocycles. The molecule has 0 N–H and O–H groups in total. The first-order chi connectivity index (χ1) is 13.5. The summed E-state index contributed by atoms with van der Waals surface area (Å²) in [6, 6.07) is 9.89.